The molecule has 0 aromatic heterocycles. The van der Waals surface area contributed by atoms with Gasteiger partial charge in [0.25, 0.3) is 5.92 Å². The van der Waals surface area contributed by atoms with Crippen LogP contribution in [0.2, 0.25) is 0 Å². The fourth-order valence-corrected chi connectivity index (χ4v) is 4.41. The van der Waals surface area contributed by atoms with Crippen LogP contribution in [0.4, 0.5) is 13.6 Å². The van der Waals surface area contributed by atoms with Crippen LogP contribution in [-0.4, -0.2) is 48.7 Å². The van der Waals surface area contributed by atoms with Crippen LogP contribution in [0.25, 0.3) is 0 Å². The number of ether oxygens (including phenoxy) is 1. The van der Waals surface area contributed by atoms with Crippen molar-refractivity contribution in [1.82, 2.24) is 10.2 Å². The van der Waals surface area contributed by atoms with Crippen LogP contribution in [-0.2, 0) is 4.74 Å². The standard InChI is InChI=1S/C14H20F2N2O2/c15-14(16)4-9(5-14)17-12(19)18-8-13(2-1-3-13)10-6-20-7-11(10)18/h9-11H,1-8H2,(H,17,19). The molecule has 2 heterocycles. The van der Waals surface area contributed by atoms with E-state index in [1.165, 1.54) is 19.3 Å². The number of carbonyl (C=O) groups is 1. The number of fused-ring (bicyclic) bond motifs is 2. The van der Waals surface area contributed by atoms with Gasteiger partial charge in [0.05, 0.1) is 19.3 Å². The predicted molar refractivity (Wildman–Crippen MR) is 67.6 cm³/mol. The van der Waals surface area contributed by atoms with Crippen molar-refractivity contribution in [3.63, 3.8) is 0 Å². The molecule has 1 N–H and O–H groups in total. The van der Waals surface area contributed by atoms with Gasteiger partial charge in [-0.1, -0.05) is 6.42 Å². The number of nitrogens with zero attached hydrogens (tertiary/aromatic N) is 1. The summed E-state index contributed by atoms with van der Waals surface area (Å²) >= 11 is 0. The molecule has 4 nitrogen and oxygen atoms in total. The van der Waals surface area contributed by atoms with E-state index in [-0.39, 0.29) is 36.4 Å². The van der Waals surface area contributed by atoms with Crippen LogP contribution >= 0.6 is 0 Å². The molecule has 2 amide bonds. The Morgan fingerprint density at radius 2 is 2.00 bits per heavy atom. The molecule has 2 aliphatic carbocycles. The summed E-state index contributed by atoms with van der Waals surface area (Å²) in [5, 5.41) is 2.76. The molecule has 4 aliphatic rings. The normalized spacial score (nSPS) is 37.4. The van der Waals surface area contributed by atoms with Crippen LogP contribution < -0.4 is 5.32 Å². The van der Waals surface area contributed by atoms with E-state index in [1.807, 2.05) is 4.90 Å². The Hall–Kier alpha value is -0.910. The Balaban J connectivity index is 1.42. The molecule has 0 bridgehead atoms. The average molecular weight is 286 g/mol. The Labute approximate surface area is 116 Å². The number of nitrogens with one attached hydrogen (secondary N) is 1. The number of halogens is 2. The van der Waals surface area contributed by atoms with Gasteiger partial charge in [0.2, 0.25) is 0 Å². The van der Waals surface area contributed by atoms with Crippen LogP contribution in [0.1, 0.15) is 32.1 Å². The lowest BCUT2D eigenvalue weighted by Gasteiger charge is -2.42. The number of rotatable bonds is 1. The number of likely N-dealkylation sites (tertiary alicyclic amines) is 1. The highest BCUT2D eigenvalue weighted by atomic mass is 19.3. The third kappa shape index (κ3) is 1.76. The molecular formula is C14H20F2N2O2. The molecule has 4 rings (SSSR count). The lowest BCUT2D eigenvalue weighted by Crippen LogP contribution is -2.55. The maximum absolute atomic E-state index is 12.8. The number of urea groups is 1. The van der Waals surface area contributed by atoms with Gasteiger partial charge in [0.1, 0.15) is 0 Å². The summed E-state index contributed by atoms with van der Waals surface area (Å²) in [5.74, 6) is -2.14. The molecule has 2 saturated heterocycles. The molecule has 112 valence electrons. The van der Waals surface area contributed by atoms with Crippen molar-refractivity contribution >= 4 is 6.03 Å². The minimum atomic E-state index is -2.59. The molecule has 6 heteroatoms. The second-order valence-electron chi connectivity index (χ2n) is 6.97. The SMILES string of the molecule is O=C(NC1CC(F)(F)C1)N1CC2(CCC2)C2COCC21. The van der Waals surface area contributed by atoms with Gasteiger partial charge in [0.15, 0.2) is 0 Å². The topological polar surface area (TPSA) is 41.6 Å². The fourth-order valence-electron chi connectivity index (χ4n) is 4.41. The first kappa shape index (κ1) is 12.8. The van der Waals surface area contributed by atoms with Crippen LogP contribution in [0.3, 0.4) is 0 Å². The molecule has 20 heavy (non-hydrogen) atoms. The van der Waals surface area contributed by atoms with Crippen molar-refractivity contribution in [2.45, 2.75) is 50.1 Å². The van der Waals surface area contributed by atoms with Gasteiger partial charge in [-0.15, -0.1) is 0 Å². The second-order valence-corrected chi connectivity index (χ2v) is 6.97. The zero-order valence-corrected chi connectivity index (χ0v) is 11.4. The molecule has 0 radical (unpaired) electrons. The zero-order chi connectivity index (χ0) is 14.0. The first-order chi connectivity index (χ1) is 9.49. The first-order valence-electron chi connectivity index (χ1n) is 7.52. The van der Waals surface area contributed by atoms with Crippen molar-refractivity contribution in [2.24, 2.45) is 11.3 Å². The lowest BCUT2D eigenvalue weighted by atomic mass is 9.62. The van der Waals surface area contributed by atoms with Gasteiger partial charge >= 0.3 is 6.03 Å². The summed E-state index contributed by atoms with van der Waals surface area (Å²) in [6.07, 6.45) is 3.13. The third-order valence-corrected chi connectivity index (χ3v) is 5.75. The molecule has 0 aromatic rings. The molecule has 4 fully saturated rings. The molecular weight excluding hydrogens is 266 g/mol. The van der Waals surface area contributed by atoms with E-state index < -0.39 is 5.92 Å². The Bertz CT molecular complexity index is 431. The second kappa shape index (κ2) is 4.06. The summed E-state index contributed by atoms with van der Waals surface area (Å²) < 4.78 is 31.2. The van der Waals surface area contributed by atoms with Crippen molar-refractivity contribution in [3.8, 4) is 0 Å². The number of hydrogen-bond donors (Lipinski definition) is 1. The largest absolute Gasteiger partial charge is 0.379 e. The van der Waals surface area contributed by atoms with Gasteiger partial charge in [-0.2, -0.15) is 0 Å². The summed E-state index contributed by atoms with van der Waals surface area (Å²) in [6.45, 7) is 2.12. The number of alkyl halides is 2. The molecule has 1 spiro atoms. The van der Waals surface area contributed by atoms with Crippen molar-refractivity contribution in [3.05, 3.63) is 0 Å². The van der Waals surface area contributed by atoms with Crippen molar-refractivity contribution < 1.29 is 18.3 Å². The van der Waals surface area contributed by atoms with Gasteiger partial charge in [-0.05, 0) is 18.3 Å². The summed E-state index contributed by atoms with van der Waals surface area (Å²) in [4.78, 5) is 14.2. The predicted octanol–water partition coefficient (Wildman–Crippen LogP) is 1.99. The lowest BCUT2D eigenvalue weighted by molar-refractivity contribution is -0.0904. The van der Waals surface area contributed by atoms with E-state index in [1.54, 1.807) is 0 Å². The van der Waals surface area contributed by atoms with Crippen molar-refractivity contribution in [1.29, 1.82) is 0 Å². The Morgan fingerprint density at radius 1 is 1.25 bits per heavy atom. The van der Waals surface area contributed by atoms with E-state index in [0.29, 0.717) is 12.5 Å². The summed E-state index contributed by atoms with van der Waals surface area (Å²) in [7, 11) is 0. The summed E-state index contributed by atoms with van der Waals surface area (Å²) in [6, 6.07) is -0.387. The first-order valence-corrected chi connectivity index (χ1v) is 7.52. The number of carbonyl (C=O) groups excluding carboxylic acids is 1. The van der Waals surface area contributed by atoms with Gasteiger partial charge < -0.3 is 15.0 Å². The third-order valence-electron chi connectivity index (χ3n) is 5.75. The van der Waals surface area contributed by atoms with E-state index >= 15 is 0 Å². The highest BCUT2D eigenvalue weighted by Gasteiger charge is 2.59. The maximum Gasteiger partial charge on any atom is 0.317 e. The minimum Gasteiger partial charge on any atom is -0.379 e. The van der Waals surface area contributed by atoms with Crippen molar-refractivity contribution in [2.75, 3.05) is 19.8 Å². The van der Waals surface area contributed by atoms with Crippen LogP contribution in [0, 0.1) is 11.3 Å². The van der Waals surface area contributed by atoms with Gasteiger partial charge in [0, 0.05) is 31.3 Å². The van der Waals surface area contributed by atoms with Gasteiger partial charge in [-0.3, -0.25) is 0 Å². The quantitative estimate of drug-likeness (QED) is 0.801. The van der Waals surface area contributed by atoms with Crippen LogP contribution in [0.15, 0.2) is 0 Å². The molecule has 2 atom stereocenters. The van der Waals surface area contributed by atoms with E-state index in [0.717, 1.165) is 13.2 Å². The highest BCUT2D eigenvalue weighted by molar-refractivity contribution is 5.75. The van der Waals surface area contributed by atoms with E-state index in [2.05, 4.69) is 5.32 Å². The molecule has 2 unspecified atom stereocenters. The number of amides is 2. The fraction of sp³-hybridized carbons (Fsp3) is 0.929. The maximum atomic E-state index is 12.8. The summed E-state index contributed by atoms with van der Waals surface area (Å²) in [5.41, 5.74) is 0.252. The van der Waals surface area contributed by atoms with E-state index in [4.69, 9.17) is 4.74 Å². The van der Waals surface area contributed by atoms with E-state index in [9.17, 15) is 13.6 Å². The molecule has 0 aromatic carbocycles. The molecule has 2 aliphatic heterocycles. The van der Waals surface area contributed by atoms with Gasteiger partial charge in [-0.25, -0.2) is 13.6 Å². The Kier molecular flexibility index (Phi) is 2.60. The average Bonchev–Trinajstić information content (AvgIpc) is 2.83. The minimum absolute atomic E-state index is 0.149. The highest BCUT2D eigenvalue weighted by Crippen LogP contribution is 2.55. The smallest absolute Gasteiger partial charge is 0.317 e. The monoisotopic (exact) mass is 286 g/mol. The van der Waals surface area contributed by atoms with Crippen LogP contribution in [0.5, 0.6) is 0 Å². The molecule has 2 saturated carbocycles. The Morgan fingerprint density at radius 3 is 2.60 bits per heavy atom. The number of hydrogen-bond acceptors (Lipinski definition) is 2. The zero-order valence-electron chi connectivity index (χ0n) is 11.4.